The molecule has 0 unspecified atom stereocenters. The number of hydrogen-bond acceptors (Lipinski definition) is 5. The van der Waals surface area contributed by atoms with Crippen LogP contribution in [0.4, 0.5) is 10.1 Å². The van der Waals surface area contributed by atoms with Crippen LogP contribution in [0.1, 0.15) is 18.1 Å². The van der Waals surface area contributed by atoms with Crippen LogP contribution in [0.5, 0.6) is 0 Å². The number of hydrogen-bond donors (Lipinski definition) is 0. The summed E-state index contributed by atoms with van der Waals surface area (Å²) in [6.45, 7) is 5.67. The van der Waals surface area contributed by atoms with E-state index in [1.165, 1.54) is 12.1 Å². The van der Waals surface area contributed by atoms with E-state index in [0.717, 1.165) is 37.1 Å². The molecule has 1 saturated heterocycles. The minimum Gasteiger partial charge on any atom is -0.372 e. The van der Waals surface area contributed by atoms with Crippen LogP contribution in [0.15, 0.2) is 67.0 Å². The number of halogens is 1. The third kappa shape index (κ3) is 5.06. The molecule has 1 fully saturated rings. The third-order valence-corrected chi connectivity index (χ3v) is 5.72. The first-order valence-corrected chi connectivity index (χ1v) is 10.4. The van der Waals surface area contributed by atoms with Gasteiger partial charge in [0.1, 0.15) is 5.82 Å². The minimum atomic E-state index is -0.339. The molecule has 1 aliphatic rings. The molecule has 7 heteroatoms. The van der Waals surface area contributed by atoms with E-state index >= 15 is 0 Å². The van der Waals surface area contributed by atoms with Gasteiger partial charge in [0.15, 0.2) is 0 Å². The highest BCUT2D eigenvalue weighted by atomic mass is 19.1. The average molecular weight is 420 g/mol. The van der Waals surface area contributed by atoms with Crippen molar-refractivity contribution in [3.05, 3.63) is 94.1 Å². The molecule has 0 bridgehead atoms. The number of piperazine rings is 1. The van der Waals surface area contributed by atoms with Crippen LogP contribution in [0.2, 0.25) is 0 Å². The highest BCUT2D eigenvalue weighted by Gasteiger charge is 2.21. The van der Waals surface area contributed by atoms with Gasteiger partial charge in [0, 0.05) is 55.4 Å². The lowest BCUT2D eigenvalue weighted by molar-refractivity contribution is -0.385. The van der Waals surface area contributed by atoms with Crippen LogP contribution in [-0.4, -0.2) is 45.4 Å². The number of nitrogens with zero attached hydrogens (tertiary/aromatic N) is 4. The van der Waals surface area contributed by atoms with E-state index in [1.807, 2.05) is 36.4 Å². The Kier molecular flexibility index (Phi) is 6.23. The van der Waals surface area contributed by atoms with Gasteiger partial charge in [-0.1, -0.05) is 24.3 Å². The molecule has 1 aromatic heterocycles. The smallest absolute Gasteiger partial charge is 0.275 e. The second-order valence-corrected chi connectivity index (χ2v) is 7.97. The Labute approximate surface area is 180 Å². The molecule has 0 radical (unpaired) electrons. The fourth-order valence-corrected chi connectivity index (χ4v) is 4.07. The Balaban J connectivity index is 1.39. The van der Waals surface area contributed by atoms with Crippen molar-refractivity contribution in [2.75, 3.05) is 19.6 Å². The molecule has 0 spiro atoms. The number of nitro benzene ring substituents is 1. The topological polar surface area (TPSA) is 62.5 Å². The molecule has 6 nitrogen and oxygen atoms in total. The van der Waals surface area contributed by atoms with Crippen molar-refractivity contribution in [2.45, 2.75) is 25.9 Å². The number of allylic oxidation sites excluding steroid dienone is 1. The van der Waals surface area contributed by atoms with Crippen LogP contribution < -0.4 is 0 Å². The van der Waals surface area contributed by atoms with Gasteiger partial charge in [0.25, 0.3) is 5.69 Å². The van der Waals surface area contributed by atoms with Gasteiger partial charge in [-0.05, 0) is 49.4 Å². The molecule has 1 aliphatic heterocycles. The summed E-state index contributed by atoms with van der Waals surface area (Å²) < 4.78 is 13.1. The fraction of sp³-hybridized carbons (Fsp3) is 0.292. The van der Waals surface area contributed by atoms with Crippen molar-refractivity contribution < 1.29 is 9.31 Å². The summed E-state index contributed by atoms with van der Waals surface area (Å²) in [5.74, 6) is -0.213. The zero-order chi connectivity index (χ0) is 21.8. The first kappa shape index (κ1) is 20.9. The molecule has 3 aromatic rings. The molecular weight excluding hydrogens is 395 g/mol. The molecule has 0 N–H and O–H groups in total. The summed E-state index contributed by atoms with van der Waals surface area (Å²) in [6.07, 6.45) is 6.18. The van der Waals surface area contributed by atoms with Gasteiger partial charge < -0.3 is 4.90 Å². The normalized spacial score (nSPS) is 17.5. The van der Waals surface area contributed by atoms with Crippen molar-refractivity contribution in [1.29, 1.82) is 0 Å². The maximum absolute atomic E-state index is 13.1. The number of rotatable bonds is 6. The number of aromatic nitrogens is 1. The van der Waals surface area contributed by atoms with E-state index in [1.54, 1.807) is 12.3 Å². The van der Waals surface area contributed by atoms with Crippen molar-refractivity contribution in [2.24, 2.45) is 0 Å². The molecule has 4 rings (SSSR count). The van der Waals surface area contributed by atoms with Gasteiger partial charge in [-0.3, -0.25) is 20.0 Å². The van der Waals surface area contributed by atoms with E-state index in [0.29, 0.717) is 23.5 Å². The lowest BCUT2D eigenvalue weighted by Gasteiger charge is -2.39. The molecule has 2 aromatic carbocycles. The zero-order valence-corrected chi connectivity index (χ0v) is 17.4. The first-order chi connectivity index (χ1) is 15.0. The van der Waals surface area contributed by atoms with Crippen LogP contribution in [0, 0.1) is 15.9 Å². The maximum atomic E-state index is 13.1. The molecule has 0 saturated carbocycles. The molecule has 31 heavy (non-hydrogen) atoms. The first-order valence-electron chi connectivity index (χ1n) is 10.4. The predicted molar refractivity (Wildman–Crippen MR) is 119 cm³/mol. The quantitative estimate of drug-likeness (QED) is 0.433. The highest BCUT2D eigenvalue weighted by Crippen LogP contribution is 2.25. The SMILES string of the molecule is C[C@@H]1CN(Cc2ccc(F)cc2)CCN1/C=C/Cc1cc2cccnc2cc1[N+](=O)[O-]. The van der Waals surface area contributed by atoms with Gasteiger partial charge in [-0.2, -0.15) is 0 Å². The molecule has 1 atom stereocenters. The Morgan fingerprint density at radius 2 is 2.03 bits per heavy atom. The van der Waals surface area contributed by atoms with Crippen LogP contribution in [0.25, 0.3) is 10.9 Å². The Morgan fingerprint density at radius 3 is 2.77 bits per heavy atom. The summed E-state index contributed by atoms with van der Waals surface area (Å²) in [7, 11) is 0. The Hall–Kier alpha value is -3.32. The standard InChI is InChI=1S/C24H25FN4O2/c1-18-16-27(17-19-6-8-22(25)9-7-19)12-13-28(18)11-3-5-21-14-20-4-2-10-26-23(20)15-24(21)29(30)31/h2-4,6-11,14-15,18H,5,12-13,16-17H2,1H3/b11-3+/t18-/m1/s1. The summed E-state index contributed by atoms with van der Waals surface area (Å²) in [5.41, 5.74) is 2.53. The van der Waals surface area contributed by atoms with Crippen LogP contribution >= 0.6 is 0 Å². The van der Waals surface area contributed by atoms with Crippen LogP contribution in [0.3, 0.4) is 0 Å². The van der Waals surface area contributed by atoms with E-state index in [4.69, 9.17) is 0 Å². The van der Waals surface area contributed by atoms with Crippen LogP contribution in [-0.2, 0) is 13.0 Å². The number of pyridine rings is 1. The van der Waals surface area contributed by atoms with Gasteiger partial charge in [-0.15, -0.1) is 0 Å². The zero-order valence-electron chi connectivity index (χ0n) is 17.4. The molecular formula is C24H25FN4O2. The summed E-state index contributed by atoms with van der Waals surface area (Å²) in [5, 5.41) is 12.4. The minimum absolute atomic E-state index is 0.105. The van der Waals surface area contributed by atoms with Gasteiger partial charge in [-0.25, -0.2) is 4.39 Å². The molecule has 2 heterocycles. The van der Waals surface area contributed by atoms with Gasteiger partial charge in [0.05, 0.1) is 10.4 Å². The number of fused-ring (bicyclic) bond motifs is 1. The lowest BCUT2D eigenvalue weighted by Crippen LogP contribution is -2.49. The van der Waals surface area contributed by atoms with Gasteiger partial charge in [0.2, 0.25) is 0 Å². The van der Waals surface area contributed by atoms with Gasteiger partial charge >= 0.3 is 0 Å². The molecule has 0 aliphatic carbocycles. The van der Waals surface area contributed by atoms with E-state index in [2.05, 4.69) is 27.9 Å². The van der Waals surface area contributed by atoms with E-state index in [9.17, 15) is 14.5 Å². The Bertz CT molecular complexity index is 1100. The maximum Gasteiger partial charge on any atom is 0.275 e. The second kappa shape index (κ2) is 9.22. The second-order valence-electron chi connectivity index (χ2n) is 7.97. The number of benzene rings is 2. The summed E-state index contributed by atoms with van der Waals surface area (Å²) in [6, 6.07) is 14.1. The Morgan fingerprint density at radius 1 is 1.23 bits per heavy atom. The fourth-order valence-electron chi connectivity index (χ4n) is 4.07. The van der Waals surface area contributed by atoms with Crippen molar-refractivity contribution in [1.82, 2.24) is 14.8 Å². The van der Waals surface area contributed by atoms with Crippen molar-refractivity contribution >= 4 is 16.6 Å². The molecule has 160 valence electrons. The predicted octanol–water partition coefficient (Wildman–Crippen LogP) is 4.54. The highest BCUT2D eigenvalue weighted by molar-refractivity contribution is 5.82. The third-order valence-electron chi connectivity index (χ3n) is 5.72. The summed E-state index contributed by atoms with van der Waals surface area (Å²) >= 11 is 0. The summed E-state index contributed by atoms with van der Waals surface area (Å²) in [4.78, 5) is 20.0. The molecule has 0 amide bonds. The average Bonchev–Trinajstić information content (AvgIpc) is 2.76. The van der Waals surface area contributed by atoms with Crippen molar-refractivity contribution in [3.63, 3.8) is 0 Å². The lowest BCUT2D eigenvalue weighted by atomic mass is 10.1. The largest absolute Gasteiger partial charge is 0.372 e. The van der Waals surface area contributed by atoms with E-state index < -0.39 is 0 Å². The monoisotopic (exact) mass is 420 g/mol. The van der Waals surface area contributed by atoms with Crippen molar-refractivity contribution in [3.8, 4) is 0 Å². The number of nitro groups is 1. The van der Waals surface area contributed by atoms with E-state index in [-0.39, 0.29) is 16.4 Å².